The minimum absolute atomic E-state index is 0.953. The van der Waals surface area contributed by atoms with Gasteiger partial charge < -0.3 is 9.88 Å². The molecule has 0 saturated carbocycles. The molecule has 7 nitrogen and oxygen atoms in total. The van der Waals surface area contributed by atoms with Crippen LogP contribution in [0.1, 0.15) is 17.8 Å². The van der Waals surface area contributed by atoms with E-state index in [2.05, 4.69) is 35.4 Å². The van der Waals surface area contributed by atoms with Gasteiger partial charge >= 0.3 is 0 Å². The van der Waals surface area contributed by atoms with Gasteiger partial charge in [-0.1, -0.05) is 0 Å². The van der Waals surface area contributed by atoms with Crippen molar-refractivity contribution >= 4 is 0 Å². The van der Waals surface area contributed by atoms with Gasteiger partial charge in [0.2, 0.25) is 0 Å². The Labute approximate surface area is 143 Å². The van der Waals surface area contributed by atoms with Crippen molar-refractivity contribution in [3.8, 4) is 0 Å². The van der Waals surface area contributed by atoms with Crippen LogP contribution in [0, 0.1) is 0 Å². The average molecular weight is 329 g/mol. The van der Waals surface area contributed by atoms with E-state index in [0.29, 0.717) is 0 Å². The Balaban J connectivity index is 1.24. The second-order valence-corrected chi connectivity index (χ2v) is 6.80. The van der Waals surface area contributed by atoms with E-state index in [4.69, 9.17) is 5.10 Å². The van der Waals surface area contributed by atoms with E-state index in [1.165, 1.54) is 17.8 Å². The topological polar surface area (TPSA) is 54.1 Å². The van der Waals surface area contributed by atoms with Crippen molar-refractivity contribution in [2.24, 2.45) is 0 Å². The minimum Gasteiger partial charge on any atom is -0.336 e. The number of nitrogens with one attached hydrogen (secondary N) is 1. The molecule has 1 N–H and O–H groups in total. The zero-order valence-corrected chi connectivity index (χ0v) is 14.3. The Morgan fingerprint density at radius 3 is 2.75 bits per heavy atom. The van der Waals surface area contributed by atoms with E-state index in [1.807, 2.05) is 18.7 Å². The second-order valence-electron chi connectivity index (χ2n) is 6.80. The van der Waals surface area contributed by atoms with Gasteiger partial charge in [0.25, 0.3) is 0 Å². The number of aromatic nitrogens is 4. The minimum atomic E-state index is 0.953. The number of piperazine rings is 1. The molecule has 0 radical (unpaired) electrons. The van der Waals surface area contributed by atoms with Crippen molar-refractivity contribution in [3.05, 3.63) is 36.2 Å². The average Bonchev–Trinajstić information content (AvgIpc) is 3.20. The van der Waals surface area contributed by atoms with Crippen LogP contribution in [0.2, 0.25) is 0 Å². The fraction of sp³-hybridized carbons (Fsp3) is 0.647. The molecule has 4 heterocycles. The molecule has 24 heavy (non-hydrogen) atoms. The zero-order valence-electron chi connectivity index (χ0n) is 14.3. The monoisotopic (exact) mass is 329 g/mol. The molecule has 1 fully saturated rings. The highest BCUT2D eigenvalue weighted by molar-refractivity contribution is 5.11. The summed E-state index contributed by atoms with van der Waals surface area (Å²) in [6, 6.07) is 2.28. The molecule has 1 saturated heterocycles. The third kappa shape index (κ3) is 3.85. The molecule has 130 valence electrons. The molecule has 0 unspecified atom stereocenters. The normalized spacial score (nSPS) is 20.0. The fourth-order valence-corrected chi connectivity index (χ4v) is 3.57. The van der Waals surface area contributed by atoms with Gasteiger partial charge in [-0.15, -0.1) is 0 Å². The lowest BCUT2D eigenvalue weighted by Gasteiger charge is -2.34. The predicted molar refractivity (Wildman–Crippen MR) is 92.5 cm³/mol. The number of nitrogens with zero attached hydrogens (tertiary/aromatic N) is 6. The lowest BCUT2D eigenvalue weighted by Crippen LogP contribution is -2.46. The maximum absolute atomic E-state index is 4.81. The zero-order chi connectivity index (χ0) is 16.2. The molecule has 0 aromatic carbocycles. The first-order chi connectivity index (χ1) is 11.9. The Morgan fingerprint density at radius 2 is 1.92 bits per heavy atom. The summed E-state index contributed by atoms with van der Waals surface area (Å²) in [6.45, 7) is 10.8. The Kier molecular flexibility index (Phi) is 4.91. The molecule has 2 aromatic rings. The van der Waals surface area contributed by atoms with Gasteiger partial charge in [0.15, 0.2) is 0 Å². The van der Waals surface area contributed by atoms with Crippen molar-refractivity contribution in [2.45, 2.75) is 32.6 Å². The largest absolute Gasteiger partial charge is 0.336 e. The van der Waals surface area contributed by atoms with Gasteiger partial charge in [-0.25, -0.2) is 4.98 Å². The maximum atomic E-state index is 4.81. The molecule has 0 bridgehead atoms. The number of imidazole rings is 1. The summed E-state index contributed by atoms with van der Waals surface area (Å²) in [5.74, 6) is 0. The third-order valence-corrected chi connectivity index (χ3v) is 5.03. The Hall–Kier alpha value is -1.70. The predicted octanol–water partition coefficient (Wildman–Crippen LogP) is 0.391. The van der Waals surface area contributed by atoms with Crippen LogP contribution in [0.25, 0.3) is 0 Å². The highest BCUT2D eigenvalue weighted by Crippen LogP contribution is 2.12. The third-order valence-electron chi connectivity index (χ3n) is 5.03. The highest BCUT2D eigenvalue weighted by atomic mass is 15.3. The molecule has 0 amide bonds. The van der Waals surface area contributed by atoms with Crippen molar-refractivity contribution in [3.63, 3.8) is 0 Å². The summed E-state index contributed by atoms with van der Waals surface area (Å²) in [5.41, 5.74) is 2.56. The Bertz CT molecular complexity index is 602. The van der Waals surface area contributed by atoms with Crippen molar-refractivity contribution in [1.29, 1.82) is 0 Å². The lowest BCUT2D eigenvalue weighted by atomic mass is 10.2. The van der Waals surface area contributed by atoms with Gasteiger partial charge in [0.1, 0.15) is 0 Å². The summed E-state index contributed by atoms with van der Waals surface area (Å²) in [6.07, 6.45) is 6.95. The molecule has 4 rings (SSSR count). The van der Waals surface area contributed by atoms with E-state index in [1.54, 1.807) is 0 Å². The number of fused-ring (bicyclic) bond motifs is 1. The molecule has 2 aliphatic heterocycles. The smallest absolute Gasteiger partial charge is 0.0946 e. The molecule has 0 atom stereocenters. The van der Waals surface area contributed by atoms with Crippen LogP contribution in [0.5, 0.6) is 0 Å². The van der Waals surface area contributed by atoms with Crippen molar-refractivity contribution in [2.75, 3.05) is 39.3 Å². The van der Waals surface area contributed by atoms with E-state index < -0.39 is 0 Å². The first kappa shape index (κ1) is 15.8. The van der Waals surface area contributed by atoms with Crippen LogP contribution in [0.3, 0.4) is 0 Å². The first-order valence-electron chi connectivity index (χ1n) is 9.03. The van der Waals surface area contributed by atoms with E-state index in [9.17, 15) is 0 Å². The highest BCUT2D eigenvalue weighted by Gasteiger charge is 2.19. The fourth-order valence-electron chi connectivity index (χ4n) is 3.57. The van der Waals surface area contributed by atoms with Crippen LogP contribution >= 0.6 is 0 Å². The Morgan fingerprint density at radius 1 is 1.04 bits per heavy atom. The van der Waals surface area contributed by atoms with Crippen LogP contribution < -0.4 is 5.32 Å². The lowest BCUT2D eigenvalue weighted by molar-refractivity contribution is 0.123. The SMILES string of the molecule is c1cn(CCN2CCN(Cc3cc4n(n3)CCCNC4)CC2)cn1. The molecule has 2 aliphatic rings. The van der Waals surface area contributed by atoms with Gasteiger partial charge in [-0.05, 0) is 19.0 Å². The van der Waals surface area contributed by atoms with Gasteiger partial charge in [-0.3, -0.25) is 14.5 Å². The number of hydrogen-bond donors (Lipinski definition) is 1. The van der Waals surface area contributed by atoms with Crippen LogP contribution in [0.15, 0.2) is 24.8 Å². The van der Waals surface area contributed by atoms with Crippen molar-refractivity contribution in [1.82, 2.24) is 34.4 Å². The first-order valence-corrected chi connectivity index (χ1v) is 9.03. The number of rotatable bonds is 5. The molecule has 0 aliphatic carbocycles. The summed E-state index contributed by atoms with van der Waals surface area (Å²) >= 11 is 0. The summed E-state index contributed by atoms with van der Waals surface area (Å²) in [5, 5.41) is 8.27. The number of aryl methyl sites for hydroxylation is 1. The molecule has 2 aromatic heterocycles. The molecule has 0 spiro atoms. The van der Waals surface area contributed by atoms with E-state index in [0.717, 1.165) is 65.4 Å². The van der Waals surface area contributed by atoms with E-state index >= 15 is 0 Å². The summed E-state index contributed by atoms with van der Waals surface area (Å²) in [7, 11) is 0. The quantitative estimate of drug-likeness (QED) is 0.860. The standard InChI is InChI=1S/C17H27N7/c1-2-18-13-17-12-16(20-24(17)4-1)14-22-9-6-21(7-10-22)8-11-23-5-3-19-15-23/h3,5,12,15,18H,1-2,4,6-11,13-14H2. The number of hydrogen-bond acceptors (Lipinski definition) is 5. The van der Waals surface area contributed by atoms with Crippen molar-refractivity contribution < 1.29 is 0 Å². The second kappa shape index (κ2) is 7.46. The van der Waals surface area contributed by atoms with Gasteiger partial charge in [0, 0.05) is 71.3 Å². The molecular weight excluding hydrogens is 302 g/mol. The van der Waals surface area contributed by atoms with Crippen LogP contribution in [-0.4, -0.2) is 68.4 Å². The molecule has 7 heteroatoms. The summed E-state index contributed by atoms with van der Waals surface area (Å²) in [4.78, 5) is 9.18. The molecular formula is C17H27N7. The van der Waals surface area contributed by atoms with Crippen LogP contribution in [0.4, 0.5) is 0 Å². The van der Waals surface area contributed by atoms with E-state index in [-0.39, 0.29) is 0 Å². The maximum Gasteiger partial charge on any atom is 0.0946 e. The summed E-state index contributed by atoms with van der Waals surface area (Å²) < 4.78 is 4.34. The van der Waals surface area contributed by atoms with Crippen LogP contribution in [-0.2, 0) is 26.2 Å². The van der Waals surface area contributed by atoms with Gasteiger partial charge in [0.05, 0.1) is 17.7 Å². The van der Waals surface area contributed by atoms with Gasteiger partial charge in [-0.2, -0.15) is 5.10 Å².